The van der Waals surface area contributed by atoms with Crippen molar-refractivity contribution < 1.29 is 14.4 Å². The lowest BCUT2D eigenvalue weighted by atomic mass is 9.83. The predicted octanol–water partition coefficient (Wildman–Crippen LogP) is 5.39. The second kappa shape index (κ2) is 7.83. The van der Waals surface area contributed by atoms with Gasteiger partial charge in [-0.1, -0.05) is 47.5 Å². The number of ketones is 1. The molecule has 0 saturated carbocycles. The van der Waals surface area contributed by atoms with Crippen LogP contribution in [0.4, 0.5) is 5.69 Å². The van der Waals surface area contributed by atoms with Crippen LogP contribution in [0, 0.1) is 11.8 Å². The summed E-state index contributed by atoms with van der Waals surface area (Å²) in [7, 11) is 0. The van der Waals surface area contributed by atoms with Gasteiger partial charge in [-0.15, -0.1) is 0 Å². The molecule has 3 aliphatic heterocycles. The van der Waals surface area contributed by atoms with Crippen molar-refractivity contribution in [1.82, 2.24) is 4.90 Å². The molecule has 2 saturated heterocycles. The third-order valence-electron chi connectivity index (χ3n) is 6.94. The average molecular weight is 489 g/mol. The maximum Gasteiger partial charge on any atom is 0.240 e. The number of carbonyl (C=O) groups excluding carboxylic acids is 3. The van der Waals surface area contributed by atoms with E-state index in [0.29, 0.717) is 21.3 Å². The van der Waals surface area contributed by atoms with Gasteiger partial charge in [-0.3, -0.25) is 14.4 Å². The molecule has 0 spiro atoms. The Hall–Kier alpha value is -3.41. The molecule has 6 rings (SSSR count). The third kappa shape index (κ3) is 3.04. The van der Waals surface area contributed by atoms with E-state index in [2.05, 4.69) is 0 Å². The number of hydrogen-bond donors (Lipinski definition) is 0. The van der Waals surface area contributed by atoms with E-state index >= 15 is 0 Å². The number of halogens is 2. The predicted molar refractivity (Wildman–Crippen MR) is 131 cm³/mol. The number of amides is 2. The average Bonchev–Trinajstić information content (AvgIpc) is 3.32. The zero-order valence-electron chi connectivity index (χ0n) is 17.8. The number of benzene rings is 3. The van der Waals surface area contributed by atoms with Crippen LogP contribution in [0.3, 0.4) is 0 Å². The molecular weight excluding hydrogens is 471 g/mol. The molecule has 0 aliphatic carbocycles. The standard InChI is InChI=1S/C27H18Cl2N2O3/c28-17-7-5-16(6-8-17)25(32)24-22-21(23-20-4-2-1-3-15(20)13-14-30(23)24)26(33)31(27(22)34)19-11-9-18(29)10-12-19/h1-14,21-24H/t21-,22-,23-,24+/m0/s1. The van der Waals surface area contributed by atoms with E-state index in [9.17, 15) is 14.4 Å². The van der Waals surface area contributed by atoms with Gasteiger partial charge in [0.15, 0.2) is 5.78 Å². The first-order chi connectivity index (χ1) is 16.5. The highest BCUT2D eigenvalue weighted by Gasteiger charge is 2.64. The number of anilines is 1. The number of hydrogen-bond acceptors (Lipinski definition) is 4. The maximum atomic E-state index is 13.8. The third-order valence-corrected chi connectivity index (χ3v) is 7.45. The van der Waals surface area contributed by atoms with Gasteiger partial charge < -0.3 is 4.90 Å². The van der Waals surface area contributed by atoms with Crippen LogP contribution in [0.15, 0.2) is 79.0 Å². The summed E-state index contributed by atoms with van der Waals surface area (Å²) in [4.78, 5) is 44.5. The Labute approximate surface area is 206 Å². The normalized spacial score (nSPS) is 24.8. The van der Waals surface area contributed by atoms with Gasteiger partial charge in [-0.25, -0.2) is 4.90 Å². The smallest absolute Gasteiger partial charge is 0.240 e. The number of nitrogens with zero attached hydrogens (tertiary/aromatic N) is 2. The quantitative estimate of drug-likeness (QED) is 0.366. The van der Waals surface area contributed by atoms with Crippen molar-refractivity contribution in [2.24, 2.45) is 11.8 Å². The molecule has 3 heterocycles. The fourth-order valence-electron chi connectivity index (χ4n) is 5.49. The van der Waals surface area contributed by atoms with Crippen LogP contribution in [-0.2, 0) is 9.59 Å². The first-order valence-corrected chi connectivity index (χ1v) is 11.7. The van der Waals surface area contributed by atoms with Gasteiger partial charge >= 0.3 is 0 Å². The minimum absolute atomic E-state index is 0.211. The van der Waals surface area contributed by atoms with Gasteiger partial charge in [0.05, 0.1) is 23.6 Å². The monoisotopic (exact) mass is 488 g/mol. The Morgan fingerprint density at radius 1 is 0.765 bits per heavy atom. The molecule has 3 aromatic carbocycles. The fourth-order valence-corrected chi connectivity index (χ4v) is 5.74. The second-order valence-corrected chi connectivity index (χ2v) is 9.57. The van der Waals surface area contributed by atoms with E-state index in [1.807, 2.05) is 41.4 Å². The molecule has 2 fully saturated rings. The summed E-state index contributed by atoms with van der Waals surface area (Å²) in [5.41, 5.74) is 2.82. The minimum atomic E-state index is -0.813. The Morgan fingerprint density at radius 2 is 1.38 bits per heavy atom. The lowest BCUT2D eigenvalue weighted by Gasteiger charge is -2.35. The van der Waals surface area contributed by atoms with Crippen LogP contribution in [0.1, 0.15) is 27.5 Å². The van der Waals surface area contributed by atoms with Crippen molar-refractivity contribution in [1.29, 1.82) is 0 Å². The fraction of sp³-hybridized carbons (Fsp3) is 0.148. The van der Waals surface area contributed by atoms with Gasteiger partial charge in [0.1, 0.15) is 6.04 Å². The Kier molecular flexibility index (Phi) is 4.87. The Morgan fingerprint density at radius 3 is 2.09 bits per heavy atom. The van der Waals surface area contributed by atoms with Crippen molar-refractivity contribution in [3.63, 3.8) is 0 Å². The van der Waals surface area contributed by atoms with Crippen molar-refractivity contribution in [3.05, 3.63) is 106 Å². The van der Waals surface area contributed by atoms with Crippen molar-refractivity contribution in [2.45, 2.75) is 12.1 Å². The van der Waals surface area contributed by atoms with Crippen molar-refractivity contribution in [3.8, 4) is 0 Å². The number of carbonyl (C=O) groups is 3. The SMILES string of the molecule is O=C(c1ccc(Cl)cc1)[C@H]1[C@H]2C(=O)N(c3ccc(Cl)cc3)C(=O)[C@@H]2[C@@H]2c3ccccc3C=CN12. The van der Waals surface area contributed by atoms with E-state index in [-0.39, 0.29) is 17.6 Å². The van der Waals surface area contributed by atoms with Crippen LogP contribution < -0.4 is 4.90 Å². The Balaban J connectivity index is 1.49. The van der Waals surface area contributed by atoms with Gasteiger partial charge in [0, 0.05) is 21.8 Å². The first kappa shape index (κ1) is 21.1. The summed E-state index contributed by atoms with van der Waals surface area (Å²) < 4.78 is 0. The van der Waals surface area contributed by atoms with Crippen LogP contribution in [-0.4, -0.2) is 28.5 Å². The molecule has 7 heteroatoms. The second-order valence-electron chi connectivity index (χ2n) is 8.69. The Bertz CT molecular complexity index is 1370. The molecule has 0 bridgehead atoms. The van der Waals surface area contributed by atoms with Crippen LogP contribution in [0.2, 0.25) is 10.0 Å². The summed E-state index contributed by atoms with van der Waals surface area (Å²) in [6.45, 7) is 0. The number of Topliss-reactive ketones (excluding diaryl/α,β-unsaturated/α-hetero) is 1. The van der Waals surface area contributed by atoms with E-state index < -0.39 is 23.9 Å². The van der Waals surface area contributed by atoms with Gasteiger partial charge in [0.2, 0.25) is 11.8 Å². The largest absolute Gasteiger partial charge is 0.358 e. The van der Waals surface area contributed by atoms with Gasteiger partial charge in [0.25, 0.3) is 0 Å². The van der Waals surface area contributed by atoms with E-state index in [1.54, 1.807) is 48.5 Å². The zero-order chi connectivity index (χ0) is 23.6. The van der Waals surface area contributed by atoms with Crippen LogP contribution in [0.5, 0.6) is 0 Å². The lowest BCUT2D eigenvalue weighted by molar-refractivity contribution is -0.123. The van der Waals surface area contributed by atoms with E-state index in [0.717, 1.165) is 11.1 Å². The van der Waals surface area contributed by atoms with Crippen molar-refractivity contribution >= 4 is 52.6 Å². The van der Waals surface area contributed by atoms with Crippen LogP contribution in [0.25, 0.3) is 6.08 Å². The number of fused-ring (bicyclic) bond motifs is 5. The molecule has 0 radical (unpaired) electrons. The van der Waals surface area contributed by atoms with Gasteiger partial charge in [-0.2, -0.15) is 0 Å². The summed E-state index contributed by atoms with van der Waals surface area (Å²) in [6, 6.07) is 19.8. The summed E-state index contributed by atoms with van der Waals surface area (Å²) in [6.07, 6.45) is 3.78. The topological polar surface area (TPSA) is 57.7 Å². The number of rotatable bonds is 3. The molecule has 2 amide bonds. The van der Waals surface area contributed by atoms with E-state index in [1.165, 1.54) is 4.90 Å². The molecule has 0 N–H and O–H groups in total. The highest BCUT2D eigenvalue weighted by molar-refractivity contribution is 6.31. The molecule has 5 nitrogen and oxygen atoms in total. The summed E-state index contributed by atoms with van der Waals surface area (Å²) >= 11 is 12.0. The highest BCUT2D eigenvalue weighted by Crippen LogP contribution is 2.53. The summed E-state index contributed by atoms with van der Waals surface area (Å²) in [5, 5.41) is 1.03. The molecule has 168 valence electrons. The molecule has 0 unspecified atom stereocenters. The molecule has 4 atom stereocenters. The molecule has 3 aromatic rings. The van der Waals surface area contributed by atoms with Gasteiger partial charge in [-0.05, 0) is 65.7 Å². The molecule has 34 heavy (non-hydrogen) atoms. The molecule has 3 aliphatic rings. The van der Waals surface area contributed by atoms with Crippen molar-refractivity contribution in [2.75, 3.05) is 4.90 Å². The lowest BCUT2D eigenvalue weighted by Crippen LogP contribution is -2.44. The number of imide groups is 1. The first-order valence-electron chi connectivity index (χ1n) is 10.9. The maximum absolute atomic E-state index is 13.8. The minimum Gasteiger partial charge on any atom is -0.358 e. The zero-order valence-corrected chi connectivity index (χ0v) is 19.3. The van der Waals surface area contributed by atoms with Crippen LogP contribution >= 0.6 is 23.2 Å². The molecular formula is C27H18Cl2N2O3. The molecule has 0 aromatic heterocycles. The summed E-state index contributed by atoms with van der Waals surface area (Å²) in [5.74, 6) is -2.38. The highest BCUT2D eigenvalue weighted by atomic mass is 35.5. The van der Waals surface area contributed by atoms with E-state index in [4.69, 9.17) is 23.2 Å².